The molecule has 0 aliphatic carbocycles. The van der Waals surface area contributed by atoms with Crippen LogP contribution in [0, 0.1) is 0 Å². The summed E-state index contributed by atoms with van der Waals surface area (Å²) in [5.41, 5.74) is 0.391. The van der Waals surface area contributed by atoms with Crippen LogP contribution in [-0.4, -0.2) is 32.7 Å². The van der Waals surface area contributed by atoms with E-state index in [0.717, 1.165) is 5.69 Å². The third kappa shape index (κ3) is 2.72. The fourth-order valence-corrected chi connectivity index (χ4v) is 1.91. The summed E-state index contributed by atoms with van der Waals surface area (Å²) in [7, 11) is 0. The lowest BCUT2D eigenvalue weighted by Gasteiger charge is -2.30. The van der Waals surface area contributed by atoms with Crippen LogP contribution < -0.4 is 0 Å². The molecule has 0 fully saturated rings. The number of rotatable bonds is 0. The van der Waals surface area contributed by atoms with Gasteiger partial charge in [0.15, 0.2) is 5.15 Å². The van der Waals surface area contributed by atoms with Crippen molar-refractivity contribution in [1.82, 2.24) is 14.5 Å². The molecule has 5 nitrogen and oxygen atoms in total. The highest BCUT2D eigenvalue weighted by atomic mass is 35.5. The Hall–Kier alpha value is -1.23. The van der Waals surface area contributed by atoms with Crippen LogP contribution in [0.4, 0.5) is 4.79 Å². The first-order valence-corrected chi connectivity index (χ1v) is 5.92. The van der Waals surface area contributed by atoms with Crippen LogP contribution in [0.2, 0.25) is 5.15 Å². The minimum atomic E-state index is -0.474. The first-order chi connectivity index (χ1) is 7.87. The number of hydrogen-bond donors (Lipinski definition) is 0. The third-order valence-electron chi connectivity index (χ3n) is 2.50. The van der Waals surface area contributed by atoms with E-state index in [0.29, 0.717) is 24.8 Å². The van der Waals surface area contributed by atoms with Crippen molar-refractivity contribution in [2.45, 2.75) is 39.5 Å². The Bertz CT molecular complexity index is 436. The Morgan fingerprint density at radius 3 is 2.82 bits per heavy atom. The second kappa shape index (κ2) is 4.22. The molecule has 0 saturated carbocycles. The van der Waals surface area contributed by atoms with Gasteiger partial charge >= 0.3 is 6.09 Å². The molecule has 0 bridgehead atoms. The first kappa shape index (κ1) is 12.2. The number of carbonyl (C=O) groups is 1. The molecule has 2 rings (SSSR count). The first-order valence-electron chi connectivity index (χ1n) is 5.54. The zero-order chi connectivity index (χ0) is 12.6. The maximum absolute atomic E-state index is 11.9. The number of carbonyl (C=O) groups excluding carboxylic acids is 1. The van der Waals surface area contributed by atoms with Crippen molar-refractivity contribution in [3.8, 4) is 0 Å². The van der Waals surface area contributed by atoms with Crippen LogP contribution in [0.5, 0.6) is 0 Å². The molecule has 0 unspecified atom stereocenters. The number of hydrogen-bond acceptors (Lipinski definition) is 3. The SMILES string of the molecule is CC(C)(C)OC(=O)N1CCn2cnc(Cl)c2C1. The minimum absolute atomic E-state index is 0.305. The minimum Gasteiger partial charge on any atom is -0.444 e. The number of fused-ring (bicyclic) bond motifs is 1. The van der Waals surface area contributed by atoms with E-state index < -0.39 is 5.60 Å². The van der Waals surface area contributed by atoms with Gasteiger partial charge in [0.05, 0.1) is 18.6 Å². The molecule has 17 heavy (non-hydrogen) atoms. The Morgan fingerprint density at radius 2 is 2.18 bits per heavy atom. The Morgan fingerprint density at radius 1 is 1.47 bits per heavy atom. The number of aromatic nitrogens is 2. The van der Waals surface area contributed by atoms with Crippen molar-refractivity contribution >= 4 is 17.7 Å². The summed E-state index contributed by atoms with van der Waals surface area (Å²) in [5, 5.41) is 0.457. The highest BCUT2D eigenvalue weighted by molar-refractivity contribution is 6.30. The van der Waals surface area contributed by atoms with E-state index in [2.05, 4.69) is 4.98 Å². The van der Waals surface area contributed by atoms with Gasteiger partial charge in [0, 0.05) is 13.1 Å². The van der Waals surface area contributed by atoms with Crippen LogP contribution in [0.3, 0.4) is 0 Å². The zero-order valence-electron chi connectivity index (χ0n) is 10.2. The van der Waals surface area contributed by atoms with Gasteiger partial charge in [0.2, 0.25) is 0 Å². The quantitative estimate of drug-likeness (QED) is 0.716. The van der Waals surface area contributed by atoms with Gasteiger partial charge in [-0.15, -0.1) is 0 Å². The van der Waals surface area contributed by atoms with Gasteiger partial charge in [-0.1, -0.05) is 11.6 Å². The average molecular weight is 258 g/mol. The number of imidazole rings is 1. The maximum atomic E-state index is 11.9. The summed E-state index contributed by atoms with van der Waals surface area (Å²) in [4.78, 5) is 17.6. The van der Waals surface area contributed by atoms with E-state index >= 15 is 0 Å². The summed E-state index contributed by atoms with van der Waals surface area (Å²) < 4.78 is 7.28. The van der Waals surface area contributed by atoms with Crippen LogP contribution >= 0.6 is 11.6 Å². The molecular formula is C11H16ClN3O2. The van der Waals surface area contributed by atoms with Crippen LogP contribution in [-0.2, 0) is 17.8 Å². The van der Waals surface area contributed by atoms with Crippen molar-refractivity contribution in [3.63, 3.8) is 0 Å². The molecule has 1 amide bonds. The fourth-order valence-electron chi connectivity index (χ4n) is 1.70. The van der Waals surface area contributed by atoms with Crippen molar-refractivity contribution < 1.29 is 9.53 Å². The van der Waals surface area contributed by atoms with Crippen molar-refractivity contribution in [3.05, 3.63) is 17.2 Å². The van der Waals surface area contributed by atoms with Crippen molar-refractivity contribution in [1.29, 1.82) is 0 Å². The molecule has 0 atom stereocenters. The second-order valence-corrected chi connectivity index (χ2v) is 5.44. The summed E-state index contributed by atoms with van der Waals surface area (Å²) >= 11 is 5.95. The van der Waals surface area contributed by atoms with Gasteiger partial charge in [-0.3, -0.25) is 0 Å². The Labute approximate surface area is 105 Å². The van der Waals surface area contributed by atoms with Gasteiger partial charge in [-0.25, -0.2) is 9.78 Å². The Kier molecular flexibility index (Phi) is 3.03. The summed E-state index contributed by atoms with van der Waals surface area (Å²) in [6.07, 6.45) is 1.39. The van der Waals surface area contributed by atoms with Crippen LogP contribution in [0.25, 0.3) is 0 Å². The predicted octanol–water partition coefficient (Wildman–Crippen LogP) is 2.29. The molecule has 2 heterocycles. The summed E-state index contributed by atoms with van der Waals surface area (Å²) in [6, 6.07) is 0. The topological polar surface area (TPSA) is 47.4 Å². The summed E-state index contributed by atoms with van der Waals surface area (Å²) in [5.74, 6) is 0. The standard InChI is InChI=1S/C11H16ClN3O2/c1-11(2,3)17-10(16)14-4-5-15-7-13-9(12)8(15)6-14/h7H,4-6H2,1-3H3. The average Bonchev–Trinajstić information content (AvgIpc) is 2.57. The number of nitrogens with zero attached hydrogens (tertiary/aromatic N) is 3. The van der Waals surface area contributed by atoms with Crippen molar-refractivity contribution in [2.75, 3.05) is 6.54 Å². The van der Waals surface area contributed by atoms with Gasteiger partial charge in [-0.05, 0) is 20.8 Å². The number of ether oxygens (including phenoxy) is 1. The largest absolute Gasteiger partial charge is 0.444 e. The van der Waals surface area contributed by atoms with E-state index in [-0.39, 0.29) is 6.09 Å². The summed E-state index contributed by atoms with van der Waals surface area (Å²) in [6.45, 7) is 7.33. The number of amides is 1. The molecule has 0 saturated heterocycles. The lowest BCUT2D eigenvalue weighted by atomic mass is 10.2. The van der Waals surface area contributed by atoms with E-state index in [1.54, 1.807) is 11.2 Å². The van der Waals surface area contributed by atoms with Gasteiger partial charge in [-0.2, -0.15) is 0 Å². The third-order valence-corrected chi connectivity index (χ3v) is 2.81. The van der Waals surface area contributed by atoms with E-state index in [9.17, 15) is 4.79 Å². The van der Waals surface area contributed by atoms with Crippen LogP contribution in [0.1, 0.15) is 26.5 Å². The molecule has 6 heteroatoms. The normalized spacial score (nSPS) is 15.6. The fraction of sp³-hybridized carbons (Fsp3) is 0.636. The molecule has 1 aromatic heterocycles. The molecule has 0 N–H and O–H groups in total. The van der Waals surface area contributed by atoms with E-state index in [1.807, 2.05) is 25.3 Å². The lowest BCUT2D eigenvalue weighted by molar-refractivity contribution is 0.0199. The second-order valence-electron chi connectivity index (χ2n) is 5.08. The smallest absolute Gasteiger partial charge is 0.410 e. The maximum Gasteiger partial charge on any atom is 0.410 e. The molecule has 1 aromatic rings. The molecule has 0 spiro atoms. The lowest BCUT2D eigenvalue weighted by Crippen LogP contribution is -2.41. The highest BCUT2D eigenvalue weighted by Gasteiger charge is 2.27. The molecule has 1 aliphatic rings. The molecule has 0 aromatic carbocycles. The van der Waals surface area contributed by atoms with E-state index in [4.69, 9.17) is 16.3 Å². The molecule has 0 radical (unpaired) electrons. The predicted molar refractivity (Wildman–Crippen MR) is 63.9 cm³/mol. The van der Waals surface area contributed by atoms with Gasteiger partial charge in [0.1, 0.15) is 5.60 Å². The van der Waals surface area contributed by atoms with Crippen LogP contribution in [0.15, 0.2) is 6.33 Å². The number of halogens is 1. The van der Waals surface area contributed by atoms with E-state index in [1.165, 1.54) is 0 Å². The van der Waals surface area contributed by atoms with Gasteiger partial charge < -0.3 is 14.2 Å². The zero-order valence-corrected chi connectivity index (χ0v) is 11.0. The molecule has 94 valence electrons. The molecule has 1 aliphatic heterocycles. The highest BCUT2D eigenvalue weighted by Crippen LogP contribution is 2.21. The monoisotopic (exact) mass is 257 g/mol. The Balaban J connectivity index is 2.07. The molecular weight excluding hydrogens is 242 g/mol. The van der Waals surface area contributed by atoms with Crippen molar-refractivity contribution in [2.24, 2.45) is 0 Å². The van der Waals surface area contributed by atoms with Gasteiger partial charge in [0.25, 0.3) is 0 Å².